The second-order valence-electron chi connectivity index (χ2n) is 3.90. The van der Waals surface area contributed by atoms with Crippen molar-refractivity contribution in [3.8, 4) is 0 Å². The lowest BCUT2D eigenvalue weighted by atomic mass is 10.1. The molecule has 0 bridgehead atoms. The van der Waals surface area contributed by atoms with E-state index in [0.29, 0.717) is 17.2 Å². The van der Waals surface area contributed by atoms with Gasteiger partial charge in [-0.15, -0.1) is 0 Å². The second kappa shape index (κ2) is 3.33. The minimum atomic E-state index is 0.546. The molecule has 0 radical (unpaired) electrons. The fourth-order valence-corrected chi connectivity index (χ4v) is 1.45. The largest absolute Gasteiger partial charge is 0.439 e. The molecule has 1 aromatic carbocycles. The van der Waals surface area contributed by atoms with E-state index in [9.17, 15) is 0 Å². The Kier molecular flexibility index (Phi) is 2.15. The van der Waals surface area contributed by atoms with Crippen LogP contribution in [0.15, 0.2) is 22.6 Å². The number of nitrogen functional groups attached to an aromatic ring is 1. The van der Waals surface area contributed by atoms with Crippen LogP contribution in [0.2, 0.25) is 0 Å². The monoisotopic (exact) mass is 190 g/mol. The summed E-state index contributed by atoms with van der Waals surface area (Å²) < 4.78 is 5.57. The highest BCUT2D eigenvalue weighted by Crippen LogP contribution is 2.22. The first-order chi connectivity index (χ1) is 6.66. The number of oxazole rings is 1. The summed E-state index contributed by atoms with van der Waals surface area (Å²) in [5, 5.41) is 0. The summed E-state index contributed by atoms with van der Waals surface area (Å²) in [7, 11) is 0. The number of para-hydroxylation sites is 1. The summed E-state index contributed by atoms with van der Waals surface area (Å²) >= 11 is 0. The molecule has 0 saturated carbocycles. The number of nitrogens with zero attached hydrogens (tertiary/aromatic N) is 1. The van der Waals surface area contributed by atoms with Gasteiger partial charge in [-0.05, 0) is 18.1 Å². The summed E-state index contributed by atoms with van der Waals surface area (Å²) in [6.45, 7) is 4.27. The molecular formula is C11H14N2O. The number of fused-ring (bicyclic) bond motifs is 1. The van der Waals surface area contributed by atoms with Gasteiger partial charge in [0.1, 0.15) is 5.52 Å². The lowest BCUT2D eigenvalue weighted by Gasteiger charge is -1.97. The van der Waals surface area contributed by atoms with Crippen molar-refractivity contribution in [3.63, 3.8) is 0 Å². The van der Waals surface area contributed by atoms with E-state index in [0.717, 1.165) is 17.8 Å². The van der Waals surface area contributed by atoms with Gasteiger partial charge < -0.3 is 10.2 Å². The van der Waals surface area contributed by atoms with E-state index in [1.54, 1.807) is 0 Å². The summed E-state index contributed by atoms with van der Waals surface area (Å²) in [5.74, 6) is 1.32. The maximum absolute atomic E-state index is 5.77. The van der Waals surface area contributed by atoms with Crippen LogP contribution >= 0.6 is 0 Å². The van der Waals surface area contributed by atoms with Gasteiger partial charge in [0.2, 0.25) is 0 Å². The highest BCUT2D eigenvalue weighted by molar-refractivity contribution is 5.84. The lowest BCUT2D eigenvalue weighted by Crippen LogP contribution is -1.93. The molecule has 0 aliphatic carbocycles. The molecular weight excluding hydrogens is 176 g/mol. The van der Waals surface area contributed by atoms with E-state index < -0.39 is 0 Å². The van der Waals surface area contributed by atoms with E-state index in [2.05, 4.69) is 18.8 Å². The van der Waals surface area contributed by atoms with Crippen LogP contribution in [0.3, 0.4) is 0 Å². The minimum absolute atomic E-state index is 0.546. The molecule has 0 spiro atoms. The predicted octanol–water partition coefficient (Wildman–Crippen LogP) is 2.61. The average molecular weight is 190 g/mol. The number of benzene rings is 1. The third-order valence-electron chi connectivity index (χ3n) is 2.07. The van der Waals surface area contributed by atoms with Crippen molar-refractivity contribution >= 4 is 16.8 Å². The number of rotatable bonds is 2. The Hall–Kier alpha value is -1.51. The highest BCUT2D eigenvalue weighted by atomic mass is 16.3. The molecule has 0 amide bonds. The van der Waals surface area contributed by atoms with E-state index >= 15 is 0 Å². The lowest BCUT2D eigenvalue weighted by molar-refractivity contribution is 0.483. The molecule has 74 valence electrons. The number of hydrogen-bond acceptors (Lipinski definition) is 3. The first-order valence-electron chi connectivity index (χ1n) is 4.80. The Bertz CT molecular complexity index is 445. The maximum atomic E-state index is 5.77. The molecule has 1 heterocycles. The van der Waals surface area contributed by atoms with E-state index in [1.807, 2.05) is 18.2 Å². The molecule has 0 unspecified atom stereocenters. The number of nitrogens with two attached hydrogens (primary N) is 1. The zero-order chi connectivity index (χ0) is 10.1. The standard InChI is InChI=1S/C11H14N2O/c1-7(2)6-10-13-9-5-3-4-8(12)11(9)14-10/h3-5,7H,6,12H2,1-2H3. The van der Waals surface area contributed by atoms with Crippen LogP contribution in [0.4, 0.5) is 5.69 Å². The van der Waals surface area contributed by atoms with Crippen molar-refractivity contribution in [3.05, 3.63) is 24.1 Å². The van der Waals surface area contributed by atoms with Crippen molar-refractivity contribution in [2.45, 2.75) is 20.3 Å². The summed E-state index contributed by atoms with van der Waals surface area (Å²) in [6, 6.07) is 5.63. The number of aromatic nitrogens is 1. The zero-order valence-electron chi connectivity index (χ0n) is 8.45. The van der Waals surface area contributed by atoms with Gasteiger partial charge in [-0.1, -0.05) is 19.9 Å². The maximum Gasteiger partial charge on any atom is 0.195 e. The Morgan fingerprint density at radius 2 is 2.21 bits per heavy atom. The first kappa shape index (κ1) is 9.06. The van der Waals surface area contributed by atoms with Crippen LogP contribution in [-0.2, 0) is 6.42 Å². The Morgan fingerprint density at radius 1 is 1.43 bits per heavy atom. The fraction of sp³-hybridized carbons (Fsp3) is 0.364. The third kappa shape index (κ3) is 1.58. The normalized spacial score (nSPS) is 11.4. The molecule has 2 rings (SSSR count). The minimum Gasteiger partial charge on any atom is -0.439 e. The molecule has 0 saturated heterocycles. The van der Waals surface area contributed by atoms with Crippen molar-refractivity contribution in [2.24, 2.45) is 5.92 Å². The fourth-order valence-electron chi connectivity index (χ4n) is 1.45. The molecule has 2 N–H and O–H groups in total. The van der Waals surface area contributed by atoms with Gasteiger partial charge in [0.25, 0.3) is 0 Å². The average Bonchev–Trinajstić information content (AvgIpc) is 2.47. The van der Waals surface area contributed by atoms with Crippen LogP contribution in [0, 0.1) is 5.92 Å². The highest BCUT2D eigenvalue weighted by Gasteiger charge is 2.08. The molecule has 3 heteroatoms. The summed E-state index contributed by atoms with van der Waals surface area (Å²) in [4.78, 5) is 4.37. The van der Waals surface area contributed by atoms with Gasteiger partial charge >= 0.3 is 0 Å². The predicted molar refractivity (Wildman–Crippen MR) is 57.0 cm³/mol. The van der Waals surface area contributed by atoms with Crippen LogP contribution in [0.5, 0.6) is 0 Å². The molecule has 0 fully saturated rings. The molecule has 14 heavy (non-hydrogen) atoms. The molecule has 3 nitrogen and oxygen atoms in total. The number of hydrogen-bond donors (Lipinski definition) is 1. The van der Waals surface area contributed by atoms with Gasteiger partial charge in [0.05, 0.1) is 5.69 Å². The van der Waals surface area contributed by atoms with Crippen molar-refractivity contribution in [1.82, 2.24) is 4.98 Å². The van der Waals surface area contributed by atoms with E-state index in [-0.39, 0.29) is 0 Å². The number of anilines is 1. The SMILES string of the molecule is CC(C)Cc1nc2cccc(N)c2o1. The van der Waals surface area contributed by atoms with Gasteiger partial charge in [-0.3, -0.25) is 0 Å². The Labute approximate surface area is 82.9 Å². The van der Waals surface area contributed by atoms with Gasteiger partial charge in [0, 0.05) is 6.42 Å². The molecule has 2 aromatic rings. The summed E-state index contributed by atoms with van der Waals surface area (Å²) in [6.07, 6.45) is 0.855. The van der Waals surface area contributed by atoms with Crippen molar-refractivity contribution in [1.29, 1.82) is 0 Å². The van der Waals surface area contributed by atoms with Gasteiger partial charge in [0.15, 0.2) is 11.5 Å². The summed E-state index contributed by atoms with van der Waals surface area (Å²) in [5.41, 5.74) is 7.98. The molecule has 0 aliphatic rings. The first-order valence-corrected chi connectivity index (χ1v) is 4.80. The molecule has 1 aromatic heterocycles. The van der Waals surface area contributed by atoms with Gasteiger partial charge in [-0.25, -0.2) is 4.98 Å². The van der Waals surface area contributed by atoms with Crippen LogP contribution in [0.1, 0.15) is 19.7 Å². The van der Waals surface area contributed by atoms with Crippen molar-refractivity contribution in [2.75, 3.05) is 5.73 Å². The molecule has 0 aliphatic heterocycles. The molecule has 0 atom stereocenters. The van der Waals surface area contributed by atoms with Crippen LogP contribution in [-0.4, -0.2) is 4.98 Å². The van der Waals surface area contributed by atoms with Crippen LogP contribution in [0.25, 0.3) is 11.1 Å². The topological polar surface area (TPSA) is 52.0 Å². The smallest absolute Gasteiger partial charge is 0.195 e. The quantitative estimate of drug-likeness (QED) is 0.740. The second-order valence-corrected chi connectivity index (χ2v) is 3.90. The van der Waals surface area contributed by atoms with E-state index in [1.165, 1.54) is 0 Å². The Balaban J connectivity index is 2.46. The van der Waals surface area contributed by atoms with Gasteiger partial charge in [-0.2, -0.15) is 0 Å². The van der Waals surface area contributed by atoms with Crippen molar-refractivity contribution < 1.29 is 4.42 Å². The van der Waals surface area contributed by atoms with E-state index in [4.69, 9.17) is 10.2 Å². The third-order valence-corrected chi connectivity index (χ3v) is 2.07. The van der Waals surface area contributed by atoms with Crippen LogP contribution < -0.4 is 5.73 Å². The Morgan fingerprint density at radius 3 is 2.86 bits per heavy atom. The zero-order valence-corrected chi connectivity index (χ0v) is 8.45.